The zero-order valence-electron chi connectivity index (χ0n) is 15.6. The number of anilines is 1. The Balaban J connectivity index is 1.85. The summed E-state index contributed by atoms with van der Waals surface area (Å²) in [4.78, 5) is 17.3. The fourth-order valence-electron chi connectivity index (χ4n) is 2.92. The predicted octanol–water partition coefficient (Wildman–Crippen LogP) is 4.33. The number of nitrogens with one attached hydrogen (secondary N) is 1. The highest BCUT2D eigenvalue weighted by atomic mass is 16.5. The smallest absolute Gasteiger partial charge is 0.257 e. The highest BCUT2D eigenvalue weighted by Gasteiger charge is 2.14. The molecule has 0 spiro atoms. The highest BCUT2D eigenvalue weighted by Crippen LogP contribution is 2.21. The van der Waals surface area contributed by atoms with Crippen LogP contribution in [0.1, 0.15) is 34.8 Å². The normalized spacial score (nSPS) is 11.0. The number of carbonyl (C=O) groups excluding carboxylic acids is 1. The van der Waals surface area contributed by atoms with Crippen molar-refractivity contribution in [3.63, 3.8) is 0 Å². The van der Waals surface area contributed by atoms with Gasteiger partial charge in [-0.25, -0.2) is 4.98 Å². The van der Waals surface area contributed by atoms with Crippen molar-refractivity contribution in [1.82, 2.24) is 9.55 Å². The Hall–Kier alpha value is -2.66. The number of rotatable bonds is 7. The Labute approximate surface area is 154 Å². The lowest BCUT2D eigenvalue weighted by Gasteiger charge is -2.11. The molecule has 0 atom stereocenters. The minimum absolute atomic E-state index is 0.144. The van der Waals surface area contributed by atoms with Gasteiger partial charge in [0.15, 0.2) is 0 Å². The van der Waals surface area contributed by atoms with Crippen LogP contribution in [0.5, 0.6) is 0 Å². The van der Waals surface area contributed by atoms with Gasteiger partial charge in [0, 0.05) is 25.3 Å². The third kappa shape index (κ3) is 3.94. The molecule has 2 aromatic carbocycles. The van der Waals surface area contributed by atoms with E-state index < -0.39 is 0 Å². The lowest BCUT2D eigenvalue weighted by Crippen LogP contribution is -2.16. The SMILES string of the molecule is CCOCCCn1c(NC(=O)c2ccc(C)c(C)c2)nc2ccccc21. The number of benzene rings is 2. The Morgan fingerprint density at radius 2 is 1.96 bits per heavy atom. The molecule has 0 unspecified atom stereocenters. The average molecular weight is 351 g/mol. The van der Waals surface area contributed by atoms with Crippen molar-refractivity contribution >= 4 is 22.9 Å². The van der Waals surface area contributed by atoms with Gasteiger partial charge in [0.05, 0.1) is 11.0 Å². The molecule has 3 aromatic rings. The first kappa shape index (κ1) is 18.1. The quantitative estimate of drug-likeness (QED) is 0.645. The van der Waals surface area contributed by atoms with E-state index in [1.54, 1.807) is 0 Å². The van der Waals surface area contributed by atoms with Crippen molar-refractivity contribution in [2.75, 3.05) is 18.5 Å². The Kier molecular flexibility index (Phi) is 5.68. The molecular formula is C21H25N3O2. The maximum absolute atomic E-state index is 12.7. The van der Waals surface area contributed by atoms with E-state index in [4.69, 9.17) is 4.74 Å². The number of amides is 1. The van der Waals surface area contributed by atoms with Crippen molar-refractivity contribution in [2.24, 2.45) is 0 Å². The maximum Gasteiger partial charge on any atom is 0.257 e. The molecule has 26 heavy (non-hydrogen) atoms. The number of ether oxygens (including phenoxy) is 1. The summed E-state index contributed by atoms with van der Waals surface area (Å²) in [6, 6.07) is 13.6. The monoisotopic (exact) mass is 351 g/mol. The third-order valence-electron chi connectivity index (χ3n) is 4.52. The van der Waals surface area contributed by atoms with E-state index >= 15 is 0 Å². The molecule has 136 valence electrons. The van der Waals surface area contributed by atoms with Crippen LogP contribution in [0.4, 0.5) is 5.95 Å². The molecule has 1 aromatic heterocycles. The van der Waals surface area contributed by atoms with Crippen LogP contribution in [0, 0.1) is 13.8 Å². The number of imidazole rings is 1. The first-order valence-electron chi connectivity index (χ1n) is 9.01. The molecule has 1 amide bonds. The minimum atomic E-state index is -0.144. The largest absolute Gasteiger partial charge is 0.382 e. The molecule has 3 rings (SSSR count). The second-order valence-electron chi connectivity index (χ2n) is 6.38. The molecule has 1 N–H and O–H groups in total. The zero-order chi connectivity index (χ0) is 18.5. The fraction of sp³-hybridized carbons (Fsp3) is 0.333. The number of hydrogen-bond acceptors (Lipinski definition) is 3. The molecule has 0 saturated carbocycles. The van der Waals surface area contributed by atoms with Crippen LogP contribution in [-0.4, -0.2) is 28.7 Å². The van der Waals surface area contributed by atoms with E-state index in [2.05, 4.69) is 10.3 Å². The summed E-state index contributed by atoms with van der Waals surface area (Å²) < 4.78 is 7.49. The molecule has 0 bridgehead atoms. The van der Waals surface area contributed by atoms with Gasteiger partial charge in [0.1, 0.15) is 0 Å². The van der Waals surface area contributed by atoms with Crippen LogP contribution in [0.3, 0.4) is 0 Å². The molecule has 0 saturated heterocycles. The summed E-state index contributed by atoms with van der Waals surface area (Å²) >= 11 is 0. The lowest BCUT2D eigenvalue weighted by atomic mass is 10.1. The van der Waals surface area contributed by atoms with E-state index in [0.717, 1.165) is 29.6 Å². The number of carbonyl (C=O) groups is 1. The summed E-state index contributed by atoms with van der Waals surface area (Å²) in [6.45, 7) is 8.17. The van der Waals surface area contributed by atoms with Gasteiger partial charge in [-0.15, -0.1) is 0 Å². The number of aryl methyl sites for hydroxylation is 3. The predicted molar refractivity (Wildman–Crippen MR) is 105 cm³/mol. The van der Waals surface area contributed by atoms with Crippen LogP contribution < -0.4 is 5.32 Å². The fourth-order valence-corrected chi connectivity index (χ4v) is 2.92. The number of fused-ring (bicyclic) bond motifs is 1. The summed E-state index contributed by atoms with van der Waals surface area (Å²) in [5.74, 6) is 0.431. The molecule has 0 aliphatic heterocycles. The molecule has 0 radical (unpaired) electrons. The van der Waals surface area contributed by atoms with Gasteiger partial charge < -0.3 is 9.30 Å². The van der Waals surface area contributed by atoms with Crippen molar-refractivity contribution in [2.45, 2.75) is 33.7 Å². The Morgan fingerprint density at radius 3 is 2.73 bits per heavy atom. The van der Waals surface area contributed by atoms with E-state index in [0.29, 0.717) is 24.7 Å². The first-order chi connectivity index (χ1) is 12.6. The van der Waals surface area contributed by atoms with E-state index in [-0.39, 0.29) is 5.91 Å². The average Bonchev–Trinajstić information content (AvgIpc) is 2.98. The molecular weight excluding hydrogens is 326 g/mol. The van der Waals surface area contributed by atoms with Crippen LogP contribution in [0.15, 0.2) is 42.5 Å². The minimum Gasteiger partial charge on any atom is -0.382 e. The second kappa shape index (κ2) is 8.15. The van der Waals surface area contributed by atoms with Crippen molar-refractivity contribution in [3.05, 3.63) is 59.2 Å². The summed E-state index contributed by atoms with van der Waals surface area (Å²) in [6.07, 6.45) is 0.862. The lowest BCUT2D eigenvalue weighted by molar-refractivity contribution is 0.102. The topological polar surface area (TPSA) is 56.1 Å². The number of hydrogen-bond donors (Lipinski definition) is 1. The van der Waals surface area contributed by atoms with Gasteiger partial charge in [-0.2, -0.15) is 0 Å². The first-order valence-corrected chi connectivity index (χ1v) is 9.01. The van der Waals surface area contributed by atoms with Gasteiger partial charge in [0.25, 0.3) is 5.91 Å². The second-order valence-corrected chi connectivity index (χ2v) is 6.38. The van der Waals surface area contributed by atoms with E-state index in [1.807, 2.05) is 67.8 Å². The van der Waals surface area contributed by atoms with Gasteiger partial charge in [-0.05, 0) is 62.6 Å². The molecule has 0 fully saturated rings. The van der Waals surface area contributed by atoms with Crippen LogP contribution in [0.2, 0.25) is 0 Å². The van der Waals surface area contributed by atoms with E-state index in [9.17, 15) is 4.79 Å². The third-order valence-corrected chi connectivity index (χ3v) is 4.52. The number of para-hydroxylation sites is 2. The maximum atomic E-state index is 12.7. The van der Waals surface area contributed by atoms with E-state index in [1.165, 1.54) is 5.56 Å². The van der Waals surface area contributed by atoms with Crippen LogP contribution in [0.25, 0.3) is 11.0 Å². The van der Waals surface area contributed by atoms with Crippen molar-refractivity contribution in [1.29, 1.82) is 0 Å². The van der Waals surface area contributed by atoms with Crippen LogP contribution >= 0.6 is 0 Å². The zero-order valence-corrected chi connectivity index (χ0v) is 15.6. The summed E-state index contributed by atoms with van der Waals surface area (Å²) in [5, 5.41) is 2.98. The summed E-state index contributed by atoms with van der Waals surface area (Å²) in [7, 11) is 0. The molecule has 5 heteroatoms. The van der Waals surface area contributed by atoms with Gasteiger partial charge in [-0.1, -0.05) is 18.2 Å². The Bertz CT molecular complexity index is 915. The molecule has 0 aliphatic carbocycles. The molecule has 5 nitrogen and oxygen atoms in total. The summed E-state index contributed by atoms with van der Waals surface area (Å²) in [5.41, 5.74) is 4.80. The van der Waals surface area contributed by atoms with Gasteiger partial charge in [-0.3, -0.25) is 10.1 Å². The standard InChI is InChI=1S/C21H25N3O2/c1-4-26-13-7-12-24-19-9-6-5-8-18(19)22-21(24)23-20(25)17-11-10-15(2)16(3)14-17/h5-6,8-11,14H,4,7,12-13H2,1-3H3,(H,22,23,25). The Morgan fingerprint density at radius 1 is 1.15 bits per heavy atom. The van der Waals surface area contributed by atoms with Crippen molar-refractivity contribution in [3.8, 4) is 0 Å². The number of aromatic nitrogens is 2. The molecule has 0 aliphatic rings. The van der Waals surface area contributed by atoms with Gasteiger partial charge >= 0.3 is 0 Å². The van der Waals surface area contributed by atoms with Gasteiger partial charge in [0.2, 0.25) is 5.95 Å². The van der Waals surface area contributed by atoms with Crippen LogP contribution in [-0.2, 0) is 11.3 Å². The highest BCUT2D eigenvalue weighted by molar-refractivity contribution is 6.04. The van der Waals surface area contributed by atoms with Crippen molar-refractivity contribution < 1.29 is 9.53 Å². The number of nitrogens with zero attached hydrogens (tertiary/aromatic N) is 2. The molecule has 1 heterocycles.